The molecule has 0 saturated heterocycles. The van der Waals surface area contributed by atoms with Crippen LogP contribution in [0.4, 0.5) is 4.79 Å². The number of fused-ring (bicyclic) bond motifs is 1. The van der Waals surface area contributed by atoms with Crippen LogP contribution in [0.5, 0.6) is 0 Å². The SMILES string of the molecule is Cc1cccn2cc(CCNC(=O)N(C)C3CCC(CO)CC3)nc12. The van der Waals surface area contributed by atoms with E-state index in [1.807, 2.05) is 47.8 Å². The predicted octanol–water partition coefficient (Wildman–Crippen LogP) is 2.38. The maximum absolute atomic E-state index is 12.3. The number of carbonyl (C=O) groups is 1. The standard InChI is InChI=1S/C19H28N4O2/c1-14-4-3-11-23-12-16(21-18(14)23)9-10-20-19(25)22(2)17-7-5-15(13-24)6-8-17/h3-4,11-12,15,17,24H,5-10,13H2,1-2H3,(H,20,25). The molecule has 1 aliphatic carbocycles. The third-order valence-electron chi connectivity index (χ3n) is 5.33. The first-order chi connectivity index (χ1) is 12.1. The monoisotopic (exact) mass is 344 g/mol. The number of aliphatic hydroxyl groups is 1. The zero-order valence-electron chi connectivity index (χ0n) is 15.1. The number of nitrogens with one attached hydrogen (secondary N) is 1. The van der Waals surface area contributed by atoms with Crippen LogP contribution in [0, 0.1) is 12.8 Å². The van der Waals surface area contributed by atoms with E-state index in [1.165, 1.54) is 0 Å². The van der Waals surface area contributed by atoms with Crippen LogP contribution in [0.25, 0.3) is 5.65 Å². The highest BCUT2D eigenvalue weighted by molar-refractivity contribution is 5.74. The summed E-state index contributed by atoms with van der Waals surface area (Å²) in [5.74, 6) is 0.409. The molecule has 3 rings (SSSR count). The molecule has 2 aromatic rings. The van der Waals surface area contributed by atoms with E-state index in [0.29, 0.717) is 12.5 Å². The lowest BCUT2D eigenvalue weighted by molar-refractivity contribution is 0.134. The van der Waals surface area contributed by atoms with Gasteiger partial charge in [0, 0.05) is 45.1 Å². The van der Waals surface area contributed by atoms with Gasteiger partial charge in [0.05, 0.1) is 5.69 Å². The number of urea groups is 1. The van der Waals surface area contributed by atoms with Crippen molar-refractivity contribution in [2.24, 2.45) is 5.92 Å². The second-order valence-electron chi connectivity index (χ2n) is 7.10. The molecule has 2 aromatic heterocycles. The van der Waals surface area contributed by atoms with Crippen molar-refractivity contribution in [3.63, 3.8) is 0 Å². The van der Waals surface area contributed by atoms with E-state index >= 15 is 0 Å². The van der Waals surface area contributed by atoms with Crippen LogP contribution in [0.3, 0.4) is 0 Å². The highest BCUT2D eigenvalue weighted by atomic mass is 16.3. The van der Waals surface area contributed by atoms with Gasteiger partial charge in [-0.1, -0.05) is 6.07 Å². The quantitative estimate of drug-likeness (QED) is 0.875. The first-order valence-electron chi connectivity index (χ1n) is 9.13. The molecule has 0 spiro atoms. The Morgan fingerprint density at radius 2 is 2.16 bits per heavy atom. The van der Waals surface area contributed by atoms with Gasteiger partial charge in [-0.05, 0) is 50.2 Å². The number of amides is 2. The fraction of sp³-hybridized carbons (Fsp3) is 0.579. The van der Waals surface area contributed by atoms with Gasteiger partial charge in [-0.3, -0.25) is 0 Å². The fourth-order valence-corrected chi connectivity index (χ4v) is 3.63. The van der Waals surface area contributed by atoms with Crippen LogP contribution >= 0.6 is 0 Å². The molecule has 1 saturated carbocycles. The molecule has 0 aromatic carbocycles. The molecule has 136 valence electrons. The van der Waals surface area contributed by atoms with E-state index in [4.69, 9.17) is 0 Å². The van der Waals surface area contributed by atoms with Crippen LogP contribution in [0.1, 0.15) is 36.9 Å². The lowest BCUT2D eigenvalue weighted by Crippen LogP contribution is -2.45. The highest BCUT2D eigenvalue weighted by Gasteiger charge is 2.26. The van der Waals surface area contributed by atoms with Crippen molar-refractivity contribution in [3.05, 3.63) is 35.8 Å². The predicted molar refractivity (Wildman–Crippen MR) is 97.6 cm³/mol. The Labute approximate surface area is 148 Å². The summed E-state index contributed by atoms with van der Waals surface area (Å²) in [5.41, 5.74) is 3.11. The number of nitrogens with zero attached hydrogens (tertiary/aromatic N) is 3. The number of pyridine rings is 1. The van der Waals surface area contributed by atoms with Crippen molar-refractivity contribution < 1.29 is 9.90 Å². The summed E-state index contributed by atoms with van der Waals surface area (Å²) in [7, 11) is 1.87. The number of aromatic nitrogens is 2. The molecule has 0 aliphatic heterocycles. The van der Waals surface area contributed by atoms with Gasteiger partial charge in [0.1, 0.15) is 5.65 Å². The van der Waals surface area contributed by atoms with Gasteiger partial charge in [0.2, 0.25) is 0 Å². The number of hydrogen-bond acceptors (Lipinski definition) is 3. The lowest BCUT2D eigenvalue weighted by Gasteiger charge is -2.34. The van der Waals surface area contributed by atoms with E-state index in [-0.39, 0.29) is 18.7 Å². The van der Waals surface area contributed by atoms with E-state index in [9.17, 15) is 9.90 Å². The number of aliphatic hydroxyl groups excluding tert-OH is 1. The summed E-state index contributed by atoms with van der Waals surface area (Å²) in [5, 5.41) is 12.2. The van der Waals surface area contributed by atoms with Crippen LogP contribution in [-0.2, 0) is 6.42 Å². The molecular formula is C19H28N4O2. The van der Waals surface area contributed by atoms with Gasteiger partial charge in [0.25, 0.3) is 0 Å². The summed E-state index contributed by atoms with van der Waals surface area (Å²) in [4.78, 5) is 18.8. The van der Waals surface area contributed by atoms with Crippen LogP contribution < -0.4 is 5.32 Å². The Bertz CT molecular complexity index is 719. The number of rotatable bonds is 5. The molecule has 25 heavy (non-hydrogen) atoms. The average Bonchev–Trinajstić information content (AvgIpc) is 3.05. The van der Waals surface area contributed by atoms with Crippen molar-refractivity contribution in [1.82, 2.24) is 19.6 Å². The minimum atomic E-state index is -0.0209. The Morgan fingerprint density at radius 3 is 2.84 bits per heavy atom. The molecule has 6 nitrogen and oxygen atoms in total. The smallest absolute Gasteiger partial charge is 0.317 e. The molecule has 2 amide bonds. The van der Waals surface area contributed by atoms with Crippen LogP contribution in [-0.4, -0.2) is 51.7 Å². The van der Waals surface area contributed by atoms with E-state index in [1.54, 1.807) is 0 Å². The number of imidazole rings is 1. The Morgan fingerprint density at radius 1 is 1.40 bits per heavy atom. The van der Waals surface area contributed by atoms with Crippen molar-refractivity contribution in [3.8, 4) is 0 Å². The maximum atomic E-state index is 12.3. The normalized spacial score (nSPS) is 20.6. The summed E-state index contributed by atoms with van der Waals surface area (Å²) >= 11 is 0. The molecule has 0 radical (unpaired) electrons. The third-order valence-corrected chi connectivity index (χ3v) is 5.33. The average molecular weight is 344 g/mol. The van der Waals surface area contributed by atoms with Gasteiger partial charge < -0.3 is 19.7 Å². The molecule has 0 unspecified atom stereocenters. The third kappa shape index (κ3) is 4.12. The molecule has 6 heteroatoms. The summed E-state index contributed by atoms with van der Waals surface area (Å²) in [6.45, 7) is 2.90. The van der Waals surface area contributed by atoms with Gasteiger partial charge >= 0.3 is 6.03 Å². The van der Waals surface area contributed by atoms with Crippen molar-refractivity contribution in [1.29, 1.82) is 0 Å². The van der Waals surface area contributed by atoms with Gasteiger partial charge in [-0.2, -0.15) is 0 Å². The minimum Gasteiger partial charge on any atom is -0.396 e. The van der Waals surface area contributed by atoms with Gasteiger partial charge in [-0.25, -0.2) is 9.78 Å². The number of hydrogen-bond donors (Lipinski definition) is 2. The second kappa shape index (κ2) is 7.87. The van der Waals surface area contributed by atoms with E-state index < -0.39 is 0 Å². The fourth-order valence-electron chi connectivity index (χ4n) is 3.63. The molecule has 1 fully saturated rings. The Balaban J connectivity index is 1.47. The summed E-state index contributed by atoms with van der Waals surface area (Å²) in [6.07, 6.45) is 8.68. The molecule has 2 N–H and O–H groups in total. The molecule has 1 aliphatic rings. The minimum absolute atomic E-state index is 0.0209. The number of aryl methyl sites for hydroxylation is 1. The lowest BCUT2D eigenvalue weighted by atomic mass is 9.86. The molecule has 0 bridgehead atoms. The van der Waals surface area contributed by atoms with Crippen LogP contribution in [0.2, 0.25) is 0 Å². The van der Waals surface area contributed by atoms with Crippen molar-refractivity contribution >= 4 is 11.7 Å². The van der Waals surface area contributed by atoms with Crippen LogP contribution in [0.15, 0.2) is 24.5 Å². The first kappa shape index (κ1) is 17.7. The molecule has 0 atom stereocenters. The van der Waals surface area contributed by atoms with Crippen molar-refractivity contribution in [2.45, 2.75) is 45.1 Å². The maximum Gasteiger partial charge on any atom is 0.317 e. The largest absolute Gasteiger partial charge is 0.396 e. The zero-order valence-corrected chi connectivity index (χ0v) is 15.1. The first-order valence-corrected chi connectivity index (χ1v) is 9.13. The number of carbonyl (C=O) groups excluding carboxylic acids is 1. The topological polar surface area (TPSA) is 69.9 Å². The zero-order chi connectivity index (χ0) is 17.8. The summed E-state index contributed by atoms with van der Waals surface area (Å²) < 4.78 is 2.03. The highest BCUT2D eigenvalue weighted by Crippen LogP contribution is 2.26. The second-order valence-corrected chi connectivity index (χ2v) is 7.10. The van der Waals surface area contributed by atoms with E-state index in [2.05, 4.69) is 10.3 Å². The molecule has 2 heterocycles. The Hall–Kier alpha value is -2.08. The van der Waals surface area contributed by atoms with Crippen molar-refractivity contribution in [2.75, 3.05) is 20.2 Å². The van der Waals surface area contributed by atoms with Gasteiger partial charge in [0.15, 0.2) is 0 Å². The Kier molecular flexibility index (Phi) is 5.58. The van der Waals surface area contributed by atoms with Gasteiger partial charge in [-0.15, -0.1) is 0 Å². The molecular weight excluding hydrogens is 316 g/mol. The van der Waals surface area contributed by atoms with E-state index in [0.717, 1.165) is 49.0 Å². The summed E-state index contributed by atoms with van der Waals surface area (Å²) in [6, 6.07) is 4.32.